The Morgan fingerprint density at radius 1 is 1.64 bits per heavy atom. The zero-order valence-corrected chi connectivity index (χ0v) is 7.29. The van der Waals surface area contributed by atoms with Crippen molar-refractivity contribution in [2.24, 2.45) is 5.73 Å². The summed E-state index contributed by atoms with van der Waals surface area (Å²) in [5.41, 5.74) is 5.48. The number of aromatic nitrogens is 2. The van der Waals surface area contributed by atoms with Crippen molar-refractivity contribution in [3.05, 3.63) is 18.2 Å². The minimum atomic E-state index is -1.10. The molecular formula is C5H10Cl2FN3. The molecule has 0 aliphatic carbocycles. The van der Waals surface area contributed by atoms with Crippen LogP contribution >= 0.6 is 24.8 Å². The molecular weight excluding hydrogens is 192 g/mol. The van der Waals surface area contributed by atoms with Crippen molar-refractivity contribution in [1.29, 1.82) is 0 Å². The summed E-state index contributed by atoms with van der Waals surface area (Å²) < 4.78 is 12.5. The highest BCUT2D eigenvalue weighted by atomic mass is 35.5. The molecule has 0 bridgehead atoms. The zero-order valence-electron chi connectivity index (χ0n) is 5.66. The largest absolute Gasteiger partial charge is 0.346 e. The number of nitrogens with zero attached hydrogens (tertiary/aromatic N) is 1. The number of aromatic amines is 1. The Hall–Kier alpha value is -0.320. The van der Waals surface area contributed by atoms with E-state index >= 15 is 0 Å². The topological polar surface area (TPSA) is 54.7 Å². The Kier molecular flexibility index (Phi) is 7.72. The fourth-order valence-electron chi connectivity index (χ4n) is 0.565. The third-order valence-electron chi connectivity index (χ3n) is 1.06. The second kappa shape index (κ2) is 6.39. The van der Waals surface area contributed by atoms with E-state index in [1.165, 1.54) is 12.5 Å². The zero-order chi connectivity index (χ0) is 6.69. The number of halogens is 3. The lowest BCUT2D eigenvalue weighted by molar-refractivity contribution is 0.346. The van der Waals surface area contributed by atoms with Gasteiger partial charge in [0.25, 0.3) is 0 Å². The van der Waals surface area contributed by atoms with Gasteiger partial charge in [-0.1, -0.05) is 0 Å². The highest BCUT2D eigenvalue weighted by Gasteiger charge is 2.06. The standard InChI is InChI=1S/C5H8FN3.2ClH/c6-4(1-7)5-2-8-3-9-5;;/h2-4H,1,7H2,(H,8,9);2*1H. The lowest BCUT2D eigenvalue weighted by Crippen LogP contribution is -2.07. The van der Waals surface area contributed by atoms with Gasteiger partial charge in [-0.2, -0.15) is 0 Å². The Morgan fingerprint density at radius 3 is 2.64 bits per heavy atom. The van der Waals surface area contributed by atoms with Crippen molar-refractivity contribution in [2.45, 2.75) is 6.17 Å². The van der Waals surface area contributed by atoms with Crippen LogP contribution in [-0.2, 0) is 0 Å². The average Bonchev–Trinajstić information content (AvgIpc) is 2.37. The van der Waals surface area contributed by atoms with E-state index in [2.05, 4.69) is 9.97 Å². The second-order valence-corrected chi connectivity index (χ2v) is 1.71. The Bertz CT molecular complexity index is 168. The van der Waals surface area contributed by atoms with E-state index in [1.54, 1.807) is 0 Å². The van der Waals surface area contributed by atoms with Crippen LogP contribution in [0.25, 0.3) is 0 Å². The fourth-order valence-corrected chi connectivity index (χ4v) is 0.565. The van der Waals surface area contributed by atoms with Crippen LogP contribution in [0.4, 0.5) is 4.39 Å². The van der Waals surface area contributed by atoms with Crippen molar-refractivity contribution in [2.75, 3.05) is 6.54 Å². The van der Waals surface area contributed by atoms with Crippen LogP contribution in [0, 0.1) is 0 Å². The van der Waals surface area contributed by atoms with Crippen LogP contribution in [-0.4, -0.2) is 16.5 Å². The van der Waals surface area contributed by atoms with Gasteiger partial charge in [-0.25, -0.2) is 9.37 Å². The van der Waals surface area contributed by atoms with E-state index in [0.29, 0.717) is 5.69 Å². The second-order valence-electron chi connectivity index (χ2n) is 1.71. The maximum atomic E-state index is 12.5. The molecule has 0 saturated carbocycles. The minimum Gasteiger partial charge on any atom is -0.346 e. The summed E-state index contributed by atoms with van der Waals surface area (Å²) in [5.74, 6) is 0. The first-order valence-corrected chi connectivity index (χ1v) is 2.67. The Morgan fingerprint density at radius 2 is 2.27 bits per heavy atom. The number of H-pyrrole nitrogens is 1. The number of nitrogens with one attached hydrogen (secondary N) is 1. The molecule has 0 aliphatic heterocycles. The quantitative estimate of drug-likeness (QED) is 0.757. The van der Waals surface area contributed by atoms with Crippen LogP contribution < -0.4 is 5.73 Å². The summed E-state index contributed by atoms with van der Waals surface area (Å²) in [4.78, 5) is 6.26. The molecule has 3 N–H and O–H groups in total. The van der Waals surface area contributed by atoms with Crippen LogP contribution in [0.3, 0.4) is 0 Å². The number of alkyl halides is 1. The highest BCUT2D eigenvalue weighted by Crippen LogP contribution is 2.10. The summed E-state index contributed by atoms with van der Waals surface area (Å²) >= 11 is 0. The van der Waals surface area contributed by atoms with Gasteiger partial charge >= 0.3 is 0 Å². The third-order valence-corrected chi connectivity index (χ3v) is 1.06. The molecule has 1 heterocycles. The SMILES string of the molecule is Cl.Cl.NCC(F)c1cnc[nH]1. The highest BCUT2D eigenvalue weighted by molar-refractivity contribution is 5.85. The van der Waals surface area contributed by atoms with Gasteiger partial charge in [0, 0.05) is 6.54 Å². The van der Waals surface area contributed by atoms with E-state index in [9.17, 15) is 4.39 Å². The molecule has 0 saturated heterocycles. The van der Waals surface area contributed by atoms with Crippen LogP contribution in [0.5, 0.6) is 0 Å². The lowest BCUT2D eigenvalue weighted by Gasteiger charge is -1.98. The van der Waals surface area contributed by atoms with Gasteiger partial charge in [0.15, 0.2) is 6.17 Å². The first-order chi connectivity index (χ1) is 4.34. The van der Waals surface area contributed by atoms with E-state index in [4.69, 9.17) is 5.73 Å². The van der Waals surface area contributed by atoms with Crippen molar-refractivity contribution in [3.63, 3.8) is 0 Å². The monoisotopic (exact) mass is 201 g/mol. The number of hydrogen-bond donors (Lipinski definition) is 2. The molecule has 0 radical (unpaired) electrons. The average molecular weight is 202 g/mol. The smallest absolute Gasteiger partial charge is 0.153 e. The van der Waals surface area contributed by atoms with Gasteiger partial charge in [-0.05, 0) is 0 Å². The maximum absolute atomic E-state index is 12.5. The van der Waals surface area contributed by atoms with Crippen LogP contribution in [0.2, 0.25) is 0 Å². The number of nitrogens with two attached hydrogens (primary N) is 1. The lowest BCUT2D eigenvalue weighted by atomic mass is 10.3. The molecule has 0 aromatic carbocycles. The molecule has 3 nitrogen and oxygen atoms in total. The first kappa shape index (κ1) is 13.3. The third kappa shape index (κ3) is 3.55. The van der Waals surface area contributed by atoms with Crippen molar-refractivity contribution < 1.29 is 4.39 Å². The van der Waals surface area contributed by atoms with E-state index in [1.807, 2.05) is 0 Å². The van der Waals surface area contributed by atoms with E-state index < -0.39 is 6.17 Å². The molecule has 0 aliphatic rings. The van der Waals surface area contributed by atoms with E-state index in [0.717, 1.165) is 0 Å². The van der Waals surface area contributed by atoms with Crippen molar-refractivity contribution >= 4 is 24.8 Å². The normalized spacial score (nSPS) is 11.1. The van der Waals surface area contributed by atoms with Crippen LogP contribution in [0.1, 0.15) is 11.9 Å². The molecule has 1 atom stereocenters. The number of hydrogen-bond acceptors (Lipinski definition) is 2. The maximum Gasteiger partial charge on any atom is 0.153 e. The summed E-state index contributed by atoms with van der Waals surface area (Å²) in [7, 11) is 0. The molecule has 1 aromatic rings. The summed E-state index contributed by atoms with van der Waals surface area (Å²) in [6.07, 6.45) is 1.75. The molecule has 11 heavy (non-hydrogen) atoms. The molecule has 1 aromatic heterocycles. The number of rotatable bonds is 2. The van der Waals surface area contributed by atoms with Gasteiger partial charge in [0.2, 0.25) is 0 Å². The van der Waals surface area contributed by atoms with Gasteiger partial charge in [0.05, 0.1) is 18.2 Å². The summed E-state index contributed by atoms with van der Waals surface area (Å²) in [5, 5.41) is 0. The van der Waals surface area contributed by atoms with Gasteiger partial charge in [-0.15, -0.1) is 24.8 Å². The molecule has 1 unspecified atom stereocenters. The molecule has 66 valence electrons. The summed E-state index contributed by atoms with van der Waals surface area (Å²) in [6.45, 7) is 0.00218. The molecule has 0 amide bonds. The molecule has 0 fully saturated rings. The molecule has 6 heteroatoms. The van der Waals surface area contributed by atoms with Crippen LogP contribution in [0.15, 0.2) is 12.5 Å². The summed E-state index contributed by atoms with van der Waals surface area (Å²) in [6, 6.07) is 0. The molecule has 0 spiro atoms. The van der Waals surface area contributed by atoms with Crippen molar-refractivity contribution in [1.82, 2.24) is 9.97 Å². The van der Waals surface area contributed by atoms with Gasteiger partial charge < -0.3 is 10.7 Å². The predicted octanol–water partition coefficient (Wildman–Crippen LogP) is 1.22. The van der Waals surface area contributed by atoms with Gasteiger partial charge in [-0.3, -0.25) is 0 Å². The van der Waals surface area contributed by atoms with E-state index in [-0.39, 0.29) is 31.4 Å². The molecule has 1 rings (SSSR count). The van der Waals surface area contributed by atoms with Gasteiger partial charge in [0.1, 0.15) is 0 Å². The fraction of sp³-hybridized carbons (Fsp3) is 0.400. The van der Waals surface area contributed by atoms with Crippen molar-refractivity contribution in [3.8, 4) is 0 Å². The predicted molar refractivity (Wildman–Crippen MR) is 46.0 cm³/mol. The first-order valence-electron chi connectivity index (χ1n) is 2.67. The Balaban J connectivity index is 0. The minimum absolute atomic E-state index is 0. The Labute approximate surface area is 76.4 Å². The number of imidazole rings is 1.